The van der Waals surface area contributed by atoms with Gasteiger partial charge in [-0.3, -0.25) is 5.43 Å². The van der Waals surface area contributed by atoms with Gasteiger partial charge in [0.25, 0.3) is 0 Å². The predicted octanol–water partition coefficient (Wildman–Crippen LogP) is 6.42. The van der Waals surface area contributed by atoms with Gasteiger partial charge >= 0.3 is 0 Å². The molecule has 29 heavy (non-hydrogen) atoms. The van der Waals surface area contributed by atoms with E-state index in [2.05, 4.69) is 64.0 Å². The minimum Gasteiger partial charge on any atom is -0.497 e. The fraction of sp³-hybridized carbons (Fsp3) is 0.0435. The summed E-state index contributed by atoms with van der Waals surface area (Å²) in [6.45, 7) is 0. The van der Waals surface area contributed by atoms with Crippen molar-refractivity contribution in [3.05, 3.63) is 89.8 Å². The van der Waals surface area contributed by atoms with Crippen LogP contribution in [0.4, 0.5) is 5.13 Å². The number of nitrogens with one attached hydrogen (secondary N) is 1. The zero-order chi connectivity index (χ0) is 19.9. The third-order valence-electron chi connectivity index (χ3n) is 4.12. The van der Waals surface area contributed by atoms with E-state index in [0.29, 0.717) is 0 Å². The SMILES string of the molecule is COc1ccc(/C=N\Nc2nc(-c3ccc(Sc4ccccc4)cc3)cs2)cc1. The number of hydrogen-bond donors (Lipinski definition) is 1. The normalized spacial score (nSPS) is 10.9. The highest BCUT2D eigenvalue weighted by molar-refractivity contribution is 7.99. The highest BCUT2D eigenvalue weighted by Crippen LogP contribution is 2.30. The van der Waals surface area contributed by atoms with Gasteiger partial charge in [-0.2, -0.15) is 5.10 Å². The molecule has 6 heteroatoms. The maximum absolute atomic E-state index is 5.15. The van der Waals surface area contributed by atoms with Crippen LogP contribution in [0.25, 0.3) is 11.3 Å². The molecule has 0 bridgehead atoms. The summed E-state index contributed by atoms with van der Waals surface area (Å²) in [5.41, 5.74) is 6.01. The van der Waals surface area contributed by atoms with Gasteiger partial charge in [0.2, 0.25) is 5.13 Å². The summed E-state index contributed by atoms with van der Waals surface area (Å²) in [4.78, 5) is 7.06. The van der Waals surface area contributed by atoms with Gasteiger partial charge in [0.1, 0.15) is 5.75 Å². The van der Waals surface area contributed by atoms with Crippen LogP contribution in [-0.4, -0.2) is 18.3 Å². The van der Waals surface area contributed by atoms with Crippen LogP contribution in [0, 0.1) is 0 Å². The lowest BCUT2D eigenvalue weighted by molar-refractivity contribution is 0.415. The van der Waals surface area contributed by atoms with E-state index in [0.717, 1.165) is 27.7 Å². The van der Waals surface area contributed by atoms with Gasteiger partial charge in [-0.15, -0.1) is 11.3 Å². The highest BCUT2D eigenvalue weighted by atomic mass is 32.2. The molecule has 0 spiro atoms. The third kappa shape index (κ3) is 5.25. The Kier molecular flexibility index (Phi) is 6.24. The van der Waals surface area contributed by atoms with Crippen LogP contribution in [0.15, 0.2) is 99.1 Å². The molecule has 0 saturated carbocycles. The van der Waals surface area contributed by atoms with Crippen molar-refractivity contribution in [1.82, 2.24) is 4.98 Å². The molecular weight excluding hydrogens is 398 g/mol. The van der Waals surface area contributed by atoms with Crippen LogP contribution in [-0.2, 0) is 0 Å². The average Bonchev–Trinajstić information content (AvgIpc) is 3.24. The number of rotatable bonds is 7. The topological polar surface area (TPSA) is 46.5 Å². The van der Waals surface area contributed by atoms with Crippen molar-refractivity contribution in [3.63, 3.8) is 0 Å². The van der Waals surface area contributed by atoms with Crippen LogP contribution >= 0.6 is 23.1 Å². The van der Waals surface area contributed by atoms with E-state index in [1.54, 1.807) is 25.1 Å². The van der Waals surface area contributed by atoms with Crippen molar-refractivity contribution in [2.24, 2.45) is 5.10 Å². The zero-order valence-electron chi connectivity index (χ0n) is 15.8. The number of benzene rings is 3. The average molecular weight is 418 g/mol. The summed E-state index contributed by atoms with van der Waals surface area (Å²) in [6.07, 6.45) is 1.76. The van der Waals surface area contributed by atoms with Crippen LogP contribution in [0.2, 0.25) is 0 Å². The number of aromatic nitrogens is 1. The van der Waals surface area contributed by atoms with E-state index in [4.69, 9.17) is 4.74 Å². The van der Waals surface area contributed by atoms with E-state index in [9.17, 15) is 0 Å². The van der Waals surface area contributed by atoms with E-state index >= 15 is 0 Å². The van der Waals surface area contributed by atoms with Gasteiger partial charge in [-0.25, -0.2) is 4.98 Å². The monoisotopic (exact) mass is 417 g/mol. The first-order valence-corrected chi connectivity index (χ1v) is 10.7. The first kappa shape index (κ1) is 19.2. The smallest absolute Gasteiger partial charge is 0.203 e. The van der Waals surface area contributed by atoms with Crippen LogP contribution in [0.5, 0.6) is 5.75 Å². The molecule has 3 aromatic carbocycles. The van der Waals surface area contributed by atoms with Gasteiger partial charge in [-0.05, 0) is 54.1 Å². The maximum atomic E-state index is 5.15. The van der Waals surface area contributed by atoms with Crippen molar-refractivity contribution >= 4 is 34.4 Å². The number of anilines is 1. The Morgan fingerprint density at radius 2 is 1.66 bits per heavy atom. The molecule has 1 N–H and O–H groups in total. The van der Waals surface area contributed by atoms with E-state index in [1.807, 2.05) is 35.7 Å². The minimum atomic E-state index is 0.757. The molecular formula is C23H19N3OS2. The number of hydrogen-bond acceptors (Lipinski definition) is 6. The summed E-state index contributed by atoms with van der Waals surface area (Å²) in [5.74, 6) is 0.827. The minimum absolute atomic E-state index is 0.757. The first-order valence-electron chi connectivity index (χ1n) is 9.02. The highest BCUT2D eigenvalue weighted by Gasteiger charge is 2.05. The summed E-state index contributed by atoms with van der Waals surface area (Å²) >= 11 is 3.28. The molecule has 0 aliphatic heterocycles. The molecule has 0 aliphatic rings. The van der Waals surface area contributed by atoms with Crippen LogP contribution < -0.4 is 10.2 Å². The molecule has 0 aliphatic carbocycles. The number of thiazole rings is 1. The Hall–Kier alpha value is -3.09. The Balaban J connectivity index is 1.37. The fourth-order valence-electron chi connectivity index (χ4n) is 2.63. The number of ether oxygens (including phenoxy) is 1. The van der Waals surface area contributed by atoms with E-state index in [1.165, 1.54) is 21.1 Å². The Morgan fingerprint density at radius 1 is 0.931 bits per heavy atom. The molecule has 0 radical (unpaired) electrons. The lowest BCUT2D eigenvalue weighted by Gasteiger charge is -2.02. The second-order valence-corrected chi connectivity index (χ2v) is 8.13. The molecule has 0 amide bonds. The lowest BCUT2D eigenvalue weighted by Crippen LogP contribution is -1.90. The zero-order valence-corrected chi connectivity index (χ0v) is 17.4. The van der Waals surface area contributed by atoms with Crippen molar-refractivity contribution in [1.29, 1.82) is 0 Å². The van der Waals surface area contributed by atoms with E-state index in [-0.39, 0.29) is 0 Å². The summed E-state index contributed by atoms with van der Waals surface area (Å²) in [6, 6.07) is 26.5. The molecule has 1 heterocycles. The quantitative estimate of drug-likeness (QED) is 0.278. The number of methoxy groups -OCH3 is 1. The molecule has 0 unspecified atom stereocenters. The van der Waals surface area contributed by atoms with Gasteiger partial charge in [-0.1, -0.05) is 42.1 Å². The number of nitrogens with zero attached hydrogens (tertiary/aromatic N) is 2. The Morgan fingerprint density at radius 3 is 2.38 bits per heavy atom. The fourth-order valence-corrected chi connectivity index (χ4v) is 4.13. The molecule has 4 rings (SSSR count). The molecule has 0 saturated heterocycles. The van der Waals surface area contributed by atoms with Gasteiger partial charge in [0.05, 0.1) is 19.0 Å². The molecule has 1 aromatic heterocycles. The second kappa shape index (κ2) is 9.41. The van der Waals surface area contributed by atoms with Crippen LogP contribution in [0.1, 0.15) is 5.56 Å². The van der Waals surface area contributed by atoms with Gasteiger partial charge in [0.15, 0.2) is 0 Å². The van der Waals surface area contributed by atoms with Crippen molar-refractivity contribution in [3.8, 4) is 17.0 Å². The molecule has 4 nitrogen and oxygen atoms in total. The molecule has 144 valence electrons. The molecule has 0 fully saturated rings. The van der Waals surface area contributed by atoms with Crippen molar-refractivity contribution < 1.29 is 4.74 Å². The Bertz CT molecular complexity index is 1080. The number of hydrazone groups is 1. The van der Waals surface area contributed by atoms with Crippen molar-refractivity contribution in [2.45, 2.75) is 9.79 Å². The van der Waals surface area contributed by atoms with Crippen molar-refractivity contribution in [2.75, 3.05) is 12.5 Å². The summed E-state index contributed by atoms with van der Waals surface area (Å²) in [5, 5.41) is 7.05. The van der Waals surface area contributed by atoms with E-state index < -0.39 is 0 Å². The first-order chi connectivity index (χ1) is 14.3. The largest absolute Gasteiger partial charge is 0.497 e. The summed E-state index contributed by atoms with van der Waals surface area (Å²) in [7, 11) is 1.65. The van der Waals surface area contributed by atoms with Gasteiger partial charge in [0, 0.05) is 20.7 Å². The summed E-state index contributed by atoms with van der Waals surface area (Å²) < 4.78 is 5.15. The second-order valence-electron chi connectivity index (χ2n) is 6.12. The molecule has 4 aromatic rings. The maximum Gasteiger partial charge on any atom is 0.203 e. The van der Waals surface area contributed by atoms with Gasteiger partial charge < -0.3 is 4.74 Å². The Labute approximate surface area is 178 Å². The third-order valence-corrected chi connectivity index (χ3v) is 5.89. The molecule has 0 atom stereocenters. The standard InChI is InChI=1S/C23H19N3OS2/c1-27-19-11-7-17(8-12-19)15-24-26-23-25-22(16-28-23)18-9-13-21(14-10-18)29-20-5-3-2-4-6-20/h2-16H,1H3,(H,25,26)/b24-15-. The predicted molar refractivity (Wildman–Crippen MR) is 122 cm³/mol. The lowest BCUT2D eigenvalue weighted by atomic mass is 10.2. The van der Waals surface area contributed by atoms with Crippen LogP contribution in [0.3, 0.4) is 0 Å².